The average molecular weight is 546 g/mol. The fourth-order valence-electron chi connectivity index (χ4n) is 3.76. The van der Waals surface area contributed by atoms with Crippen LogP contribution >= 0.6 is 34.7 Å². The third-order valence-corrected chi connectivity index (χ3v) is 7.92. The van der Waals surface area contributed by atoms with Gasteiger partial charge in [-0.1, -0.05) is 36.7 Å². The van der Waals surface area contributed by atoms with E-state index in [1.165, 1.54) is 29.5 Å². The Labute approximate surface area is 221 Å². The van der Waals surface area contributed by atoms with E-state index in [2.05, 4.69) is 12.2 Å². The van der Waals surface area contributed by atoms with Crippen LogP contribution in [0.2, 0.25) is 5.02 Å². The van der Waals surface area contributed by atoms with Gasteiger partial charge in [0.1, 0.15) is 16.4 Å². The molecule has 188 valence electrons. The van der Waals surface area contributed by atoms with Gasteiger partial charge in [0.25, 0.3) is 5.56 Å². The number of aryl methyl sites for hydroxylation is 2. The van der Waals surface area contributed by atoms with Gasteiger partial charge in [-0.25, -0.2) is 9.37 Å². The number of hydrogen-bond acceptors (Lipinski definition) is 6. The molecule has 10 heteroatoms. The summed E-state index contributed by atoms with van der Waals surface area (Å²) in [7, 11) is 0. The average Bonchev–Trinajstić information content (AvgIpc) is 3.16. The standard InChI is InChI=1S/C26H25ClFN3O3S2/c1-4-6-21-15(3)23-24(36-21)30-26(31(25(23)33)17-8-10-18(11-9-17)34-5-2)35-14-22(32)29-16-7-12-20(28)19(27)13-16/h7-13H,4-6,14H2,1-3H3,(H,29,32). The lowest BCUT2D eigenvalue weighted by molar-refractivity contribution is -0.113. The number of rotatable bonds is 9. The van der Waals surface area contributed by atoms with Crippen molar-refractivity contribution in [3.8, 4) is 11.4 Å². The summed E-state index contributed by atoms with van der Waals surface area (Å²) in [5.74, 6) is -0.193. The molecule has 0 aliphatic carbocycles. The number of carbonyl (C=O) groups excluding carboxylic acids is 1. The molecule has 0 radical (unpaired) electrons. The van der Waals surface area contributed by atoms with Crippen LogP contribution in [0.1, 0.15) is 30.7 Å². The van der Waals surface area contributed by atoms with Gasteiger partial charge in [-0.15, -0.1) is 11.3 Å². The second-order valence-electron chi connectivity index (χ2n) is 8.01. The number of aromatic nitrogens is 2. The first-order chi connectivity index (χ1) is 17.3. The van der Waals surface area contributed by atoms with E-state index in [1.807, 2.05) is 13.8 Å². The van der Waals surface area contributed by atoms with E-state index < -0.39 is 5.82 Å². The second-order valence-corrected chi connectivity index (χ2v) is 10.4. The molecule has 0 aliphatic heterocycles. The van der Waals surface area contributed by atoms with E-state index in [-0.39, 0.29) is 22.2 Å². The van der Waals surface area contributed by atoms with Crippen LogP contribution in [0.25, 0.3) is 15.9 Å². The number of thioether (sulfide) groups is 1. The molecule has 0 unspecified atom stereocenters. The molecule has 4 rings (SSSR count). The Morgan fingerprint density at radius 3 is 2.64 bits per heavy atom. The summed E-state index contributed by atoms with van der Waals surface area (Å²) >= 11 is 8.49. The highest BCUT2D eigenvalue weighted by Gasteiger charge is 2.20. The maximum Gasteiger partial charge on any atom is 0.267 e. The normalized spacial score (nSPS) is 11.1. The molecule has 36 heavy (non-hydrogen) atoms. The zero-order valence-electron chi connectivity index (χ0n) is 20.1. The molecule has 2 aromatic carbocycles. The van der Waals surface area contributed by atoms with E-state index in [1.54, 1.807) is 28.8 Å². The van der Waals surface area contributed by atoms with Crippen molar-refractivity contribution in [1.29, 1.82) is 0 Å². The smallest absolute Gasteiger partial charge is 0.267 e. The molecule has 2 aromatic heterocycles. The lowest BCUT2D eigenvalue weighted by Crippen LogP contribution is -2.23. The topological polar surface area (TPSA) is 73.2 Å². The summed E-state index contributed by atoms with van der Waals surface area (Å²) in [6.07, 6.45) is 1.84. The van der Waals surface area contributed by atoms with Crippen LogP contribution in [0, 0.1) is 12.7 Å². The van der Waals surface area contributed by atoms with Crippen molar-refractivity contribution >= 4 is 56.5 Å². The fourth-order valence-corrected chi connectivity index (χ4v) is 6.07. The van der Waals surface area contributed by atoms with Crippen molar-refractivity contribution in [2.75, 3.05) is 17.7 Å². The fraction of sp³-hybridized carbons (Fsp3) is 0.269. The number of anilines is 1. The number of carbonyl (C=O) groups is 1. The zero-order chi connectivity index (χ0) is 25.8. The van der Waals surface area contributed by atoms with Crippen molar-refractivity contribution in [2.24, 2.45) is 0 Å². The summed E-state index contributed by atoms with van der Waals surface area (Å²) in [6, 6.07) is 11.2. The summed E-state index contributed by atoms with van der Waals surface area (Å²) in [6.45, 7) is 6.51. The Balaban J connectivity index is 1.70. The highest BCUT2D eigenvalue weighted by Crippen LogP contribution is 2.31. The SMILES string of the molecule is CCCc1sc2nc(SCC(=O)Nc3ccc(F)c(Cl)c3)n(-c3ccc(OCC)cc3)c(=O)c2c1C. The van der Waals surface area contributed by atoms with E-state index in [4.69, 9.17) is 21.3 Å². The first-order valence-corrected chi connectivity index (χ1v) is 13.7. The highest BCUT2D eigenvalue weighted by atomic mass is 35.5. The minimum absolute atomic E-state index is 0.00382. The van der Waals surface area contributed by atoms with Crippen LogP contribution < -0.4 is 15.6 Å². The minimum Gasteiger partial charge on any atom is -0.494 e. The van der Waals surface area contributed by atoms with Gasteiger partial charge in [0.15, 0.2) is 5.16 Å². The van der Waals surface area contributed by atoms with Crippen molar-refractivity contribution < 1.29 is 13.9 Å². The Hall–Kier alpha value is -2.88. The van der Waals surface area contributed by atoms with Crippen LogP contribution in [0.5, 0.6) is 5.75 Å². The monoisotopic (exact) mass is 545 g/mol. The Morgan fingerprint density at radius 2 is 1.97 bits per heavy atom. The van der Waals surface area contributed by atoms with Gasteiger partial charge in [-0.3, -0.25) is 14.2 Å². The van der Waals surface area contributed by atoms with Crippen molar-refractivity contribution in [2.45, 2.75) is 38.8 Å². The summed E-state index contributed by atoms with van der Waals surface area (Å²) < 4.78 is 20.5. The van der Waals surface area contributed by atoms with Crippen LogP contribution in [0.15, 0.2) is 52.4 Å². The number of halogens is 2. The molecule has 0 saturated heterocycles. The number of amides is 1. The lowest BCUT2D eigenvalue weighted by Gasteiger charge is -2.13. The molecular formula is C26H25ClFN3O3S2. The maximum absolute atomic E-state index is 13.7. The van der Waals surface area contributed by atoms with Gasteiger partial charge in [0.2, 0.25) is 5.91 Å². The molecule has 6 nitrogen and oxygen atoms in total. The van der Waals surface area contributed by atoms with Crippen LogP contribution in [0.4, 0.5) is 10.1 Å². The number of nitrogens with zero attached hydrogens (tertiary/aromatic N) is 2. The van der Waals surface area contributed by atoms with Crippen LogP contribution in [-0.4, -0.2) is 27.8 Å². The number of thiophene rings is 1. The molecule has 1 N–H and O–H groups in total. The molecule has 4 aromatic rings. The van der Waals surface area contributed by atoms with Gasteiger partial charge in [-0.05, 0) is 68.3 Å². The summed E-state index contributed by atoms with van der Waals surface area (Å²) in [5, 5.41) is 3.64. The van der Waals surface area contributed by atoms with E-state index in [9.17, 15) is 14.0 Å². The number of hydrogen-bond donors (Lipinski definition) is 1. The number of fused-ring (bicyclic) bond motifs is 1. The largest absolute Gasteiger partial charge is 0.494 e. The predicted molar refractivity (Wildman–Crippen MR) is 146 cm³/mol. The van der Waals surface area contributed by atoms with Crippen molar-refractivity contribution in [1.82, 2.24) is 9.55 Å². The zero-order valence-corrected chi connectivity index (χ0v) is 22.5. The quantitative estimate of drug-likeness (QED) is 0.189. The molecule has 2 heterocycles. The predicted octanol–water partition coefficient (Wildman–Crippen LogP) is 6.63. The third-order valence-electron chi connectivity index (χ3n) is 5.45. The van der Waals surface area contributed by atoms with Crippen molar-refractivity contribution in [3.63, 3.8) is 0 Å². The Morgan fingerprint density at radius 1 is 1.22 bits per heavy atom. The second kappa shape index (κ2) is 11.5. The van der Waals surface area contributed by atoms with Gasteiger partial charge in [0, 0.05) is 10.6 Å². The molecule has 0 atom stereocenters. The van der Waals surface area contributed by atoms with Crippen LogP contribution in [-0.2, 0) is 11.2 Å². The molecule has 1 amide bonds. The Bertz CT molecular complexity index is 1470. The highest BCUT2D eigenvalue weighted by molar-refractivity contribution is 7.99. The van der Waals surface area contributed by atoms with Crippen molar-refractivity contribution in [3.05, 3.63) is 74.1 Å². The number of ether oxygens (including phenoxy) is 1. The van der Waals surface area contributed by atoms with E-state index in [0.29, 0.717) is 39.1 Å². The molecule has 0 bridgehead atoms. The van der Waals surface area contributed by atoms with Gasteiger partial charge >= 0.3 is 0 Å². The van der Waals surface area contributed by atoms with Gasteiger partial charge in [-0.2, -0.15) is 0 Å². The molecular weight excluding hydrogens is 521 g/mol. The van der Waals surface area contributed by atoms with Gasteiger partial charge in [0.05, 0.1) is 28.5 Å². The maximum atomic E-state index is 13.7. The number of benzene rings is 2. The lowest BCUT2D eigenvalue weighted by atomic mass is 10.1. The van der Waals surface area contributed by atoms with E-state index in [0.717, 1.165) is 35.0 Å². The third kappa shape index (κ3) is 5.58. The molecule has 0 saturated carbocycles. The van der Waals surface area contributed by atoms with Crippen LogP contribution in [0.3, 0.4) is 0 Å². The van der Waals surface area contributed by atoms with E-state index >= 15 is 0 Å². The summed E-state index contributed by atoms with van der Waals surface area (Å²) in [5.41, 5.74) is 1.80. The summed E-state index contributed by atoms with van der Waals surface area (Å²) in [4.78, 5) is 33.0. The Kier molecular flexibility index (Phi) is 8.33. The molecule has 0 fully saturated rings. The first-order valence-electron chi connectivity index (χ1n) is 11.5. The molecule has 0 aliphatic rings. The molecule has 0 spiro atoms. The first kappa shape index (κ1) is 26.2. The number of nitrogens with one attached hydrogen (secondary N) is 1. The van der Waals surface area contributed by atoms with Gasteiger partial charge < -0.3 is 10.1 Å². The minimum atomic E-state index is -0.561.